The number of rotatable bonds is 6. The highest BCUT2D eigenvalue weighted by Gasteiger charge is 2.91. The minimum absolute atomic E-state index is 0.0141. The topological polar surface area (TPSA) is 0 Å². The van der Waals surface area contributed by atoms with Gasteiger partial charge in [-0.05, 0) is 40.2 Å². The fraction of sp³-hybridized carbons (Fsp3) is 0.368. The number of hydrogen-bond donors (Lipinski definition) is 0. The summed E-state index contributed by atoms with van der Waals surface area (Å²) in [7, 11) is 0. The molecule has 3 aromatic heterocycles. The van der Waals surface area contributed by atoms with Crippen LogP contribution in [-0.4, -0.2) is 29.9 Å². The number of halogens is 16. The van der Waals surface area contributed by atoms with E-state index in [1.807, 2.05) is 0 Å². The van der Waals surface area contributed by atoms with E-state index in [-0.39, 0.29) is 26.3 Å². The van der Waals surface area contributed by atoms with Crippen LogP contribution in [0.1, 0.15) is 16.0 Å². The van der Waals surface area contributed by atoms with Crippen molar-refractivity contribution in [1.29, 1.82) is 0 Å². The third-order valence-electron chi connectivity index (χ3n) is 5.41. The second kappa shape index (κ2) is 8.28. The molecule has 3 aromatic rings. The number of hydrogen-bond acceptors (Lipinski definition) is 3. The first-order valence-corrected chi connectivity index (χ1v) is 12.6. The maximum atomic E-state index is 14.7. The highest BCUT2D eigenvalue weighted by Crippen LogP contribution is 2.63. The first-order valence-electron chi connectivity index (χ1n) is 9.31. The average Bonchev–Trinajstić information content (AvgIpc) is 3.51. The molecule has 4 rings (SSSR count). The summed E-state index contributed by atoms with van der Waals surface area (Å²) in [6.45, 7) is 0. The van der Waals surface area contributed by atoms with Gasteiger partial charge in [-0.2, -0.15) is 65.9 Å². The molecule has 0 nitrogen and oxygen atoms in total. The molecule has 0 atom stereocenters. The van der Waals surface area contributed by atoms with Crippen molar-refractivity contribution in [2.75, 3.05) is 0 Å². The van der Waals surface area contributed by atoms with Crippen molar-refractivity contribution in [1.82, 2.24) is 0 Å². The molecule has 210 valence electrons. The second-order valence-electron chi connectivity index (χ2n) is 7.75. The van der Waals surface area contributed by atoms with Crippen molar-refractivity contribution >= 4 is 49.9 Å². The van der Waals surface area contributed by atoms with Gasteiger partial charge in [0.05, 0.1) is 18.4 Å². The zero-order valence-electron chi connectivity index (χ0n) is 17.1. The fourth-order valence-corrected chi connectivity index (χ4v) is 7.46. The SMILES string of the molecule is FC1(F)c2cc(Br)sc2-c2sc(-c3ccc(C(F)(F)C(F)(F)C(F)(F)C(F)(F)C(F)(F)C(F)(F)F)s3)cc21. The van der Waals surface area contributed by atoms with Crippen LogP contribution in [0.4, 0.5) is 65.9 Å². The van der Waals surface area contributed by atoms with Crippen LogP contribution >= 0.6 is 49.9 Å². The van der Waals surface area contributed by atoms with E-state index >= 15 is 0 Å². The highest BCUT2D eigenvalue weighted by molar-refractivity contribution is 9.11. The molecule has 0 unspecified atom stereocenters. The van der Waals surface area contributed by atoms with Gasteiger partial charge in [-0.15, -0.1) is 34.0 Å². The Morgan fingerprint density at radius 3 is 1.63 bits per heavy atom. The van der Waals surface area contributed by atoms with Gasteiger partial charge in [-0.25, -0.2) is 0 Å². The molecule has 0 bridgehead atoms. The average molecular weight is 693 g/mol. The Morgan fingerprint density at radius 2 is 1.08 bits per heavy atom. The van der Waals surface area contributed by atoms with E-state index in [1.54, 1.807) is 0 Å². The van der Waals surface area contributed by atoms with Crippen molar-refractivity contribution in [3.05, 3.63) is 44.1 Å². The van der Waals surface area contributed by atoms with Gasteiger partial charge in [0.25, 0.3) is 0 Å². The summed E-state index contributed by atoms with van der Waals surface area (Å²) in [4.78, 5) is -2.81. The van der Waals surface area contributed by atoms with E-state index in [0.29, 0.717) is 21.2 Å². The largest absolute Gasteiger partial charge is 0.460 e. The van der Waals surface area contributed by atoms with Crippen LogP contribution in [0.25, 0.3) is 19.5 Å². The summed E-state index contributed by atoms with van der Waals surface area (Å²) in [6, 6.07) is 2.52. The molecule has 0 aliphatic heterocycles. The number of thiophene rings is 3. The Kier molecular flexibility index (Phi) is 6.43. The Morgan fingerprint density at radius 1 is 0.579 bits per heavy atom. The summed E-state index contributed by atoms with van der Waals surface area (Å²) < 4.78 is 204. The molecular weight excluding hydrogens is 689 g/mol. The van der Waals surface area contributed by atoms with Gasteiger partial charge < -0.3 is 0 Å². The van der Waals surface area contributed by atoms with Crippen LogP contribution in [0.3, 0.4) is 0 Å². The van der Waals surface area contributed by atoms with Crippen LogP contribution < -0.4 is 0 Å². The number of fused-ring (bicyclic) bond motifs is 3. The molecule has 0 fully saturated rings. The molecule has 0 saturated heterocycles. The van der Waals surface area contributed by atoms with E-state index in [1.165, 1.54) is 0 Å². The normalized spacial score (nSPS) is 16.6. The monoisotopic (exact) mass is 692 g/mol. The van der Waals surface area contributed by atoms with Crippen molar-refractivity contribution in [2.45, 2.75) is 41.7 Å². The van der Waals surface area contributed by atoms with E-state index < -0.39 is 68.4 Å². The number of alkyl halides is 15. The van der Waals surface area contributed by atoms with Crippen LogP contribution in [0.15, 0.2) is 28.1 Å². The van der Waals surface area contributed by atoms with E-state index in [0.717, 1.165) is 23.5 Å². The van der Waals surface area contributed by atoms with Gasteiger partial charge in [0, 0.05) is 20.9 Å². The lowest BCUT2D eigenvalue weighted by molar-refractivity contribution is -0.441. The molecule has 3 heterocycles. The molecule has 19 heteroatoms. The maximum absolute atomic E-state index is 14.7. The maximum Gasteiger partial charge on any atom is 0.460 e. The van der Waals surface area contributed by atoms with Gasteiger partial charge in [-0.1, -0.05) is 0 Å². The van der Waals surface area contributed by atoms with Crippen molar-refractivity contribution in [3.8, 4) is 19.5 Å². The molecule has 0 saturated carbocycles. The van der Waals surface area contributed by atoms with Crippen molar-refractivity contribution in [2.24, 2.45) is 0 Å². The van der Waals surface area contributed by atoms with Gasteiger partial charge >= 0.3 is 41.7 Å². The minimum atomic E-state index is -8.00. The molecule has 38 heavy (non-hydrogen) atoms. The van der Waals surface area contributed by atoms with Gasteiger partial charge in [0.1, 0.15) is 0 Å². The van der Waals surface area contributed by atoms with E-state index in [4.69, 9.17) is 0 Å². The minimum Gasteiger partial charge on any atom is -0.196 e. The lowest BCUT2D eigenvalue weighted by atomic mass is 9.93. The highest BCUT2D eigenvalue weighted by atomic mass is 79.9. The predicted molar refractivity (Wildman–Crippen MR) is 111 cm³/mol. The van der Waals surface area contributed by atoms with Gasteiger partial charge in [0.15, 0.2) is 0 Å². The Bertz CT molecular complexity index is 1390. The molecule has 0 spiro atoms. The summed E-state index contributed by atoms with van der Waals surface area (Å²) in [5, 5.41) is 0. The van der Waals surface area contributed by atoms with Gasteiger partial charge in [0.2, 0.25) is 0 Å². The molecule has 0 N–H and O–H groups in total. The van der Waals surface area contributed by atoms with Crippen molar-refractivity contribution in [3.63, 3.8) is 0 Å². The molecule has 1 aliphatic carbocycles. The quantitative estimate of drug-likeness (QED) is 0.226. The lowest BCUT2D eigenvalue weighted by Gasteiger charge is -2.39. The van der Waals surface area contributed by atoms with E-state index in [9.17, 15) is 65.9 Å². The van der Waals surface area contributed by atoms with Crippen LogP contribution in [-0.2, 0) is 11.8 Å². The summed E-state index contributed by atoms with van der Waals surface area (Å²) in [5.41, 5.74) is -0.960. The molecule has 0 amide bonds. The summed E-state index contributed by atoms with van der Waals surface area (Å²) in [6.07, 6.45) is -7.50. The first kappa shape index (κ1) is 29.5. The predicted octanol–water partition coefficient (Wildman–Crippen LogP) is 10.6. The Balaban J connectivity index is 1.73. The lowest BCUT2D eigenvalue weighted by Crippen LogP contribution is -2.69. The zero-order valence-corrected chi connectivity index (χ0v) is 21.1. The van der Waals surface area contributed by atoms with Crippen LogP contribution in [0.2, 0.25) is 0 Å². The van der Waals surface area contributed by atoms with E-state index in [2.05, 4.69) is 15.9 Å². The van der Waals surface area contributed by atoms with Crippen molar-refractivity contribution < 1.29 is 65.9 Å². The summed E-state index contributed by atoms with van der Waals surface area (Å²) >= 11 is 4.03. The van der Waals surface area contributed by atoms with Crippen LogP contribution in [0.5, 0.6) is 0 Å². The Hall–Kier alpha value is -1.47. The first-order chi connectivity index (χ1) is 16.9. The zero-order chi connectivity index (χ0) is 29.1. The van der Waals surface area contributed by atoms with Crippen LogP contribution in [0, 0.1) is 0 Å². The fourth-order valence-electron chi connectivity index (χ4n) is 3.39. The molecule has 0 radical (unpaired) electrons. The smallest absolute Gasteiger partial charge is 0.196 e. The Labute approximate surface area is 220 Å². The molecule has 0 aromatic carbocycles. The standard InChI is InChI=1S/C19H4BrF15S3/c20-10-4-6-12(38-10)11-5(13(6,21)22)3-8(37-11)7-1-2-9(36-7)14(23,24)15(25,26)16(27,28)17(29,30)18(31,32)19(33,34)35/h1-4H. The molecular formula is C19H4BrF15S3. The van der Waals surface area contributed by atoms with Gasteiger partial charge in [-0.3, -0.25) is 0 Å². The third kappa shape index (κ3) is 3.69. The summed E-state index contributed by atoms with van der Waals surface area (Å²) in [5.74, 6) is -41.2. The third-order valence-corrected chi connectivity index (χ3v) is 9.70. The molecule has 1 aliphatic rings. The second-order valence-corrected chi connectivity index (χ2v) is 12.3.